The van der Waals surface area contributed by atoms with Crippen molar-refractivity contribution in [2.75, 3.05) is 13.1 Å². The Labute approximate surface area is 191 Å². The Hall–Kier alpha value is -1.87. The predicted octanol–water partition coefficient (Wildman–Crippen LogP) is 3.64. The number of hydrogen-bond acceptors (Lipinski definition) is 6. The number of amides is 2. The fraction of sp³-hybridized carbons (Fsp3) is 0.636. The lowest BCUT2D eigenvalue weighted by atomic mass is 9.95. The third-order valence-electron chi connectivity index (χ3n) is 6.35. The molecule has 1 saturated carbocycles. The van der Waals surface area contributed by atoms with Crippen molar-refractivity contribution in [2.24, 2.45) is 11.7 Å². The minimum absolute atomic E-state index is 0.0500. The molecule has 31 heavy (non-hydrogen) atoms. The molecule has 2 aliphatic rings. The van der Waals surface area contributed by atoms with Gasteiger partial charge in [-0.3, -0.25) is 9.59 Å². The number of thiophene rings is 1. The number of aromatic nitrogens is 3. The number of likely N-dealkylation sites (tertiary alicyclic amines) is 1. The van der Waals surface area contributed by atoms with E-state index in [2.05, 4.69) is 32.3 Å². The molecular formula is C22H31N5O2S2. The molecule has 2 unspecified atom stereocenters. The summed E-state index contributed by atoms with van der Waals surface area (Å²) in [6.07, 6.45) is 8.37. The van der Waals surface area contributed by atoms with Gasteiger partial charge in [-0.05, 0) is 44.1 Å². The molecule has 4 rings (SSSR count). The summed E-state index contributed by atoms with van der Waals surface area (Å²) < 4.78 is 2.30. The Morgan fingerprint density at radius 2 is 2.03 bits per heavy atom. The van der Waals surface area contributed by atoms with Crippen LogP contribution >= 0.6 is 23.1 Å². The van der Waals surface area contributed by atoms with Crippen molar-refractivity contribution in [3.05, 3.63) is 28.2 Å². The Bertz CT molecular complexity index is 892. The maximum atomic E-state index is 13.1. The SMILES string of the molecule is CC(Sc1nnc(Cc2cccs2)n1C1CCCCC1)C(=O)N1CCCC(C(N)=O)C1. The number of rotatable bonds is 7. The van der Waals surface area contributed by atoms with Crippen LogP contribution in [0, 0.1) is 5.92 Å². The highest BCUT2D eigenvalue weighted by atomic mass is 32.2. The van der Waals surface area contributed by atoms with E-state index in [-0.39, 0.29) is 23.0 Å². The summed E-state index contributed by atoms with van der Waals surface area (Å²) in [5.74, 6) is 0.489. The molecular weight excluding hydrogens is 430 g/mol. The minimum atomic E-state index is -0.312. The summed E-state index contributed by atoms with van der Waals surface area (Å²) in [5.41, 5.74) is 5.49. The molecule has 0 aromatic carbocycles. The van der Waals surface area contributed by atoms with E-state index in [1.807, 2.05) is 6.92 Å². The van der Waals surface area contributed by atoms with E-state index in [0.29, 0.717) is 19.1 Å². The van der Waals surface area contributed by atoms with E-state index in [9.17, 15) is 9.59 Å². The zero-order chi connectivity index (χ0) is 21.8. The molecule has 0 spiro atoms. The smallest absolute Gasteiger partial charge is 0.235 e. The molecule has 0 radical (unpaired) electrons. The zero-order valence-electron chi connectivity index (χ0n) is 18.0. The lowest BCUT2D eigenvalue weighted by Crippen LogP contribution is -2.46. The van der Waals surface area contributed by atoms with Crippen LogP contribution in [0.4, 0.5) is 0 Å². The van der Waals surface area contributed by atoms with Crippen LogP contribution in [0.1, 0.15) is 68.6 Å². The number of primary amides is 1. The Morgan fingerprint density at radius 1 is 1.23 bits per heavy atom. The topological polar surface area (TPSA) is 94.1 Å². The fourth-order valence-electron chi connectivity index (χ4n) is 4.66. The molecule has 2 N–H and O–H groups in total. The lowest BCUT2D eigenvalue weighted by Gasteiger charge is -2.33. The normalized spacial score (nSPS) is 21.2. The third-order valence-corrected chi connectivity index (χ3v) is 8.27. The summed E-state index contributed by atoms with van der Waals surface area (Å²) in [6.45, 7) is 3.05. The number of piperidine rings is 1. The van der Waals surface area contributed by atoms with Crippen molar-refractivity contribution in [1.29, 1.82) is 0 Å². The number of carbonyl (C=O) groups excluding carboxylic acids is 2. The molecule has 3 heterocycles. The first kappa shape index (κ1) is 22.3. The highest BCUT2D eigenvalue weighted by Crippen LogP contribution is 2.35. The van der Waals surface area contributed by atoms with Crippen LogP contribution < -0.4 is 5.73 Å². The summed E-state index contributed by atoms with van der Waals surface area (Å²) >= 11 is 3.23. The summed E-state index contributed by atoms with van der Waals surface area (Å²) in [4.78, 5) is 27.8. The van der Waals surface area contributed by atoms with Crippen molar-refractivity contribution < 1.29 is 9.59 Å². The van der Waals surface area contributed by atoms with E-state index in [0.717, 1.165) is 43.1 Å². The number of hydrogen-bond donors (Lipinski definition) is 1. The molecule has 9 heteroatoms. The first-order valence-corrected chi connectivity index (χ1v) is 13.0. The van der Waals surface area contributed by atoms with Gasteiger partial charge in [-0.15, -0.1) is 21.5 Å². The monoisotopic (exact) mass is 461 g/mol. The summed E-state index contributed by atoms with van der Waals surface area (Å²) in [6, 6.07) is 4.60. The molecule has 2 atom stereocenters. The largest absolute Gasteiger partial charge is 0.369 e. The molecule has 1 aliphatic heterocycles. The van der Waals surface area contributed by atoms with E-state index < -0.39 is 0 Å². The van der Waals surface area contributed by atoms with Crippen LogP contribution in [0.25, 0.3) is 0 Å². The van der Waals surface area contributed by atoms with Crippen molar-refractivity contribution in [3.63, 3.8) is 0 Å². The molecule has 7 nitrogen and oxygen atoms in total. The number of carbonyl (C=O) groups is 2. The molecule has 168 valence electrons. The second-order valence-corrected chi connectivity index (χ2v) is 10.9. The second-order valence-electron chi connectivity index (χ2n) is 8.60. The van der Waals surface area contributed by atoms with Crippen molar-refractivity contribution in [2.45, 2.75) is 74.7 Å². The van der Waals surface area contributed by atoms with E-state index in [1.54, 1.807) is 16.2 Å². The van der Waals surface area contributed by atoms with Gasteiger partial charge in [0.25, 0.3) is 0 Å². The Morgan fingerprint density at radius 3 is 2.74 bits per heavy atom. The number of nitrogens with zero attached hydrogens (tertiary/aromatic N) is 4. The average molecular weight is 462 g/mol. The highest BCUT2D eigenvalue weighted by molar-refractivity contribution is 8.00. The van der Waals surface area contributed by atoms with Gasteiger partial charge in [-0.1, -0.05) is 37.1 Å². The molecule has 2 aromatic rings. The van der Waals surface area contributed by atoms with Gasteiger partial charge < -0.3 is 15.2 Å². The molecule has 2 amide bonds. The van der Waals surface area contributed by atoms with Gasteiger partial charge in [-0.25, -0.2) is 0 Å². The van der Waals surface area contributed by atoms with Crippen LogP contribution in [-0.4, -0.2) is 49.8 Å². The van der Waals surface area contributed by atoms with Crippen LogP contribution in [0.3, 0.4) is 0 Å². The molecule has 2 fully saturated rings. The molecule has 2 aromatic heterocycles. The lowest BCUT2D eigenvalue weighted by molar-refractivity contribution is -0.134. The maximum absolute atomic E-state index is 13.1. The number of nitrogens with two attached hydrogens (primary N) is 1. The first-order valence-electron chi connectivity index (χ1n) is 11.2. The standard InChI is InChI=1S/C22H31N5O2S2/c1-15(21(29)26-11-5-7-16(14-26)20(23)28)31-22-25-24-19(13-18-10-6-12-30-18)27(22)17-8-3-2-4-9-17/h6,10,12,15-17H,2-5,7-9,11,13-14H2,1H3,(H2,23,28). The second kappa shape index (κ2) is 10.2. The summed E-state index contributed by atoms with van der Waals surface area (Å²) in [7, 11) is 0. The van der Waals surface area contributed by atoms with Gasteiger partial charge in [0.15, 0.2) is 5.16 Å². The Balaban J connectivity index is 1.50. The zero-order valence-corrected chi connectivity index (χ0v) is 19.7. The van der Waals surface area contributed by atoms with E-state index >= 15 is 0 Å². The van der Waals surface area contributed by atoms with Gasteiger partial charge >= 0.3 is 0 Å². The highest BCUT2D eigenvalue weighted by Gasteiger charge is 2.31. The van der Waals surface area contributed by atoms with Crippen LogP contribution in [0.5, 0.6) is 0 Å². The Kier molecular flexibility index (Phi) is 7.32. The van der Waals surface area contributed by atoms with E-state index in [1.165, 1.54) is 35.9 Å². The van der Waals surface area contributed by atoms with Crippen LogP contribution in [0.2, 0.25) is 0 Å². The van der Waals surface area contributed by atoms with Crippen molar-refractivity contribution in [1.82, 2.24) is 19.7 Å². The number of thioether (sulfide) groups is 1. The third kappa shape index (κ3) is 5.31. The van der Waals surface area contributed by atoms with Crippen molar-refractivity contribution in [3.8, 4) is 0 Å². The predicted molar refractivity (Wildman–Crippen MR) is 123 cm³/mol. The molecule has 1 aliphatic carbocycles. The van der Waals surface area contributed by atoms with Gasteiger partial charge in [0, 0.05) is 30.4 Å². The van der Waals surface area contributed by atoms with Gasteiger partial charge in [0.2, 0.25) is 11.8 Å². The first-order chi connectivity index (χ1) is 15.0. The van der Waals surface area contributed by atoms with Gasteiger partial charge in [0.05, 0.1) is 11.2 Å². The van der Waals surface area contributed by atoms with Gasteiger partial charge in [0.1, 0.15) is 5.82 Å². The van der Waals surface area contributed by atoms with Crippen molar-refractivity contribution >= 4 is 34.9 Å². The fourth-order valence-corrected chi connectivity index (χ4v) is 6.38. The average Bonchev–Trinajstić information content (AvgIpc) is 3.44. The molecule has 0 bridgehead atoms. The van der Waals surface area contributed by atoms with Gasteiger partial charge in [-0.2, -0.15) is 0 Å². The van der Waals surface area contributed by atoms with Crippen LogP contribution in [-0.2, 0) is 16.0 Å². The molecule has 1 saturated heterocycles. The minimum Gasteiger partial charge on any atom is -0.369 e. The maximum Gasteiger partial charge on any atom is 0.235 e. The summed E-state index contributed by atoms with van der Waals surface area (Å²) in [5, 5.41) is 11.7. The van der Waals surface area contributed by atoms with E-state index in [4.69, 9.17) is 5.73 Å². The quantitative estimate of drug-likeness (QED) is 0.635. The van der Waals surface area contributed by atoms with Crippen LogP contribution in [0.15, 0.2) is 22.7 Å².